The van der Waals surface area contributed by atoms with E-state index in [4.69, 9.17) is 34.4 Å². The molecule has 6 aliphatic rings. The Labute approximate surface area is 527 Å². The summed E-state index contributed by atoms with van der Waals surface area (Å²) in [5.74, 6) is -6.30. The van der Waals surface area contributed by atoms with Crippen molar-refractivity contribution in [2.24, 2.45) is 50.3 Å². The number of nitrogens with two attached hydrogens (primary N) is 6. The maximum atomic E-state index is 15.4. The highest BCUT2D eigenvalue weighted by Gasteiger charge is 2.52. The minimum absolute atomic E-state index is 0.0167. The summed E-state index contributed by atoms with van der Waals surface area (Å²) in [4.78, 5) is 159. The van der Waals surface area contributed by atoms with Gasteiger partial charge >= 0.3 is 0 Å². The minimum atomic E-state index is -1.34. The molecule has 29 nitrogen and oxygen atoms in total. The monoisotopic (exact) mass is 1270 g/mol. The molecule has 2 unspecified atom stereocenters. The SMILES string of the molecule is NCCCC[C@@H]1NC(=O)[C@@H]2CC3CCCCC3N2C(=O)[C@H]2Cc3ccccc3CN2C(=O)[C@@H](NC(=O)[C@H](Cc2cccs2)NC(=O)CNC(=O)[C@@H]2C[C@@H](O)CN2C(=O)[C@@H]2CCCN2C(=O)[C@H](CCCN=C(N)N)NC(=O)[C@H](N)CCCN=C(N)N)CCNC1=O. The molecule has 90 heavy (non-hydrogen) atoms. The highest BCUT2D eigenvalue weighted by atomic mass is 32.1. The first-order chi connectivity index (χ1) is 43.2. The van der Waals surface area contributed by atoms with E-state index >= 15 is 9.59 Å². The molecular weight excluding hydrogens is 1180 g/mol. The number of unbranched alkanes of at least 4 members (excludes halogenated alkanes) is 1. The van der Waals surface area contributed by atoms with E-state index in [1.807, 2.05) is 24.3 Å². The number of nitrogens with zero attached hydrogens (tertiary/aromatic N) is 6. The van der Waals surface area contributed by atoms with Crippen molar-refractivity contribution in [1.29, 1.82) is 0 Å². The third-order valence-electron chi connectivity index (χ3n) is 18.0. The Kier molecular flexibility index (Phi) is 24.3. The fraction of sp³-hybridized carbons (Fsp3) is 0.633. The lowest BCUT2D eigenvalue weighted by Gasteiger charge is -2.43. The number of aliphatic hydroxyl groups excluding tert-OH is 1. The van der Waals surface area contributed by atoms with Gasteiger partial charge in [0.05, 0.1) is 18.7 Å². The van der Waals surface area contributed by atoms with Crippen molar-refractivity contribution in [3.8, 4) is 0 Å². The molecule has 2 aromatic rings. The summed E-state index contributed by atoms with van der Waals surface area (Å²) in [5.41, 5.74) is 35.5. The smallest absolute Gasteiger partial charge is 0.246 e. The molecule has 1 aromatic heterocycles. The van der Waals surface area contributed by atoms with E-state index in [-0.39, 0.29) is 127 Å². The van der Waals surface area contributed by atoms with Crippen LogP contribution in [0.25, 0.3) is 0 Å². The number of carbonyl (C=O) groups excluding carboxylic acids is 10. The van der Waals surface area contributed by atoms with Gasteiger partial charge in [0.2, 0.25) is 59.1 Å². The van der Waals surface area contributed by atoms with Crippen LogP contribution in [0.3, 0.4) is 0 Å². The lowest BCUT2D eigenvalue weighted by atomic mass is 9.84. The third kappa shape index (κ3) is 17.5. The van der Waals surface area contributed by atoms with Gasteiger partial charge in [-0.15, -0.1) is 11.3 Å². The van der Waals surface area contributed by atoms with Crippen LogP contribution in [-0.2, 0) is 67.3 Å². The Bertz CT molecular complexity index is 2960. The van der Waals surface area contributed by atoms with Gasteiger partial charge in [0.1, 0.15) is 48.3 Å². The van der Waals surface area contributed by atoms with E-state index in [1.165, 1.54) is 26.0 Å². The van der Waals surface area contributed by atoms with E-state index in [0.717, 1.165) is 30.4 Å². The molecule has 6 heterocycles. The number of benzene rings is 1. The highest BCUT2D eigenvalue weighted by Crippen LogP contribution is 2.41. The van der Waals surface area contributed by atoms with Gasteiger partial charge in [-0.3, -0.25) is 57.9 Å². The van der Waals surface area contributed by atoms with Gasteiger partial charge in [0.25, 0.3) is 0 Å². The summed E-state index contributed by atoms with van der Waals surface area (Å²) >= 11 is 1.32. The summed E-state index contributed by atoms with van der Waals surface area (Å²) in [5, 5.41) is 29.5. The summed E-state index contributed by atoms with van der Waals surface area (Å²) in [6.45, 7) is -0.151. The van der Waals surface area contributed by atoms with Crippen molar-refractivity contribution in [2.45, 2.75) is 189 Å². The number of guanidine groups is 2. The number of fused-ring (bicyclic) bond motifs is 5. The zero-order chi connectivity index (χ0) is 64.6. The molecule has 492 valence electrons. The van der Waals surface area contributed by atoms with Crippen LogP contribution in [0.2, 0.25) is 0 Å². The van der Waals surface area contributed by atoms with E-state index in [9.17, 15) is 43.5 Å². The van der Waals surface area contributed by atoms with Crippen LogP contribution in [-0.4, -0.2) is 208 Å². The van der Waals surface area contributed by atoms with Gasteiger partial charge in [0, 0.05) is 69.4 Å². The van der Waals surface area contributed by atoms with Gasteiger partial charge < -0.3 is 91.0 Å². The highest BCUT2D eigenvalue weighted by molar-refractivity contribution is 7.09. The number of thiophene rings is 1. The summed E-state index contributed by atoms with van der Waals surface area (Å²) in [6.07, 6.45) is 5.34. The molecule has 12 atom stereocenters. The lowest BCUT2D eigenvalue weighted by Crippen LogP contribution is -2.63. The molecule has 30 heteroatoms. The van der Waals surface area contributed by atoms with Gasteiger partial charge in [0.15, 0.2) is 11.9 Å². The molecule has 0 bridgehead atoms. The Balaban J connectivity index is 0.970. The largest absolute Gasteiger partial charge is 0.391 e. The topological polar surface area (TPSA) is 457 Å². The molecule has 1 saturated carbocycles. The van der Waals surface area contributed by atoms with Crippen molar-refractivity contribution < 1.29 is 53.1 Å². The number of hydrogen-bond acceptors (Lipinski definition) is 16. The normalized spacial score (nSPS) is 25.3. The zero-order valence-electron chi connectivity index (χ0n) is 50.9. The van der Waals surface area contributed by atoms with Crippen molar-refractivity contribution in [3.63, 3.8) is 0 Å². The van der Waals surface area contributed by atoms with E-state index in [1.54, 1.807) is 22.4 Å². The number of aliphatic imine (C=N–C) groups is 2. The molecular formula is C60H90N18O11S. The van der Waals surface area contributed by atoms with Gasteiger partial charge in [-0.2, -0.15) is 0 Å². The van der Waals surface area contributed by atoms with Crippen LogP contribution in [0.4, 0.5) is 0 Å². The summed E-state index contributed by atoms with van der Waals surface area (Å²) in [6, 6.07) is 0.706. The first-order valence-electron chi connectivity index (χ1n) is 31.6. The quantitative estimate of drug-likeness (QED) is 0.0275. The van der Waals surface area contributed by atoms with Crippen molar-refractivity contribution >= 4 is 82.3 Å². The molecule has 8 rings (SSSR count). The fourth-order valence-electron chi connectivity index (χ4n) is 13.4. The Morgan fingerprint density at radius 1 is 0.756 bits per heavy atom. The molecule has 0 spiro atoms. The molecule has 5 aliphatic heterocycles. The number of β-amino-alcohol motifs (C(OH)–C–C–N with tert-alkyl or cyclic N) is 1. The van der Waals surface area contributed by atoms with Crippen LogP contribution < -0.4 is 66.3 Å². The third-order valence-corrected chi connectivity index (χ3v) is 18.9. The van der Waals surface area contributed by atoms with Crippen molar-refractivity contribution in [1.82, 2.24) is 51.5 Å². The Morgan fingerprint density at radius 3 is 2.21 bits per heavy atom. The molecule has 4 saturated heterocycles. The Hall–Kier alpha value is -7.96. The first kappa shape index (κ1) is 68.0. The van der Waals surface area contributed by atoms with Crippen LogP contribution >= 0.6 is 11.3 Å². The van der Waals surface area contributed by atoms with Gasteiger partial charge in [-0.1, -0.05) is 43.2 Å². The van der Waals surface area contributed by atoms with Crippen LogP contribution in [0.1, 0.15) is 119 Å². The second-order valence-corrected chi connectivity index (χ2v) is 25.4. The zero-order valence-corrected chi connectivity index (χ0v) is 51.8. The average Bonchev–Trinajstić information content (AvgIpc) is 1.91. The first-order valence-corrected chi connectivity index (χ1v) is 32.4. The van der Waals surface area contributed by atoms with Gasteiger partial charge in [-0.25, -0.2) is 0 Å². The molecule has 5 fully saturated rings. The molecule has 19 N–H and O–H groups in total. The summed E-state index contributed by atoms with van der Waals surface area (Å²) in [7, 11) is 0. The standard InChI is InChI=1S/C60H90N18O11S/c61-21-6-5-16-40-51(82)67-24-20-42(56(87)76-32-36-13-2-1-11-34(36)27-48(76)58(89)78-44-18-4-3-12-35(44)28-47(78)54(85)72-40)74-52(83)43(30-38-14-10-26-90-38)71-49(80)31-70-53(84)46-29-37(79)33-77(46)57(88)45-19-9-25-75(45)55(86)41(17-8-23-69-60(65)66)73-50(81)39(62)15-7-22-68-59(63)64/h1-2,10-11,13-14,26,35,37,39-48,79H,3-9,12,15-25,27-33,61-62H2,(H,67,82)(H,70,84)(H,71,80)(H,72,85)(H,73,81)(H,74,83)(H4,63,64,68)(H4,65,66,69)/t35?,37-,39-,40+,41+,42+,43+,44?,45+,46+,47+,48-/m1/s1. The molecule has 10 amide bonds. The Morgan fingerprint density at radius 2 is 1.49 bits per heavy atom. The molecule has 1 aliphatic carbocycles. The van der Waals surface area contributed by atoms with E-state index in [0.29, 0.717) is 49.9 Å². The predicted molar refractivity (Wildman–Crippen MR) is 333 cm³/mol. The number of nitrogens with one attached hydrogen (secondary N) is 6. The van der Waals surface area contributed by atoms with E-state index in [2.05, 4.69) is 41.9 Å². The summed E-state index contributed by atoms with van der Waals surface area (Å²) < 4.78 is 0. The minimum Gasteiger partial charge on any atom is -0.391 e. The van der Waals surface area contributed by atoms with Crippen LogP contribution in [0.15, 0.2) is 51.8 Å². The second-order valence-electron chi connectivity index (χ2n) is 24.3. The number of amides is 10. The lowest BCUT2D eigenvalue weighted by molar-refractivity contribution is -0.153. The number of rotatable bonds is 24. The predicted octanol–water partition coefficient (Wildman–Crippen LogP) is -3.50. The maximum absolute atomic E-state index is 15.4. The average molecular weight is 1270 g/mol. The second kappa shape index (κ2) is 32.2. The fourth-order valence-corrected chi connectivity index (χ4v) is 14.2. The van der Waals surface area contributed by atoms with Gasteiger partial charge in [-0.05, 0) is 119 Å². The van der Waals surface area contributed by atoms with Crippen molar-refractivity contribution in [3.05, 3.63) is 57.8 Å². The number of likely N-dealkylation sites (tertiary alicyclic amines) is 2. The maximum Gasteiger partial charge on any atom is 0.246 e. The van der Waals surface area contributed by atoms with Crippen LogP contribution in [0.5, 0.6) is 0 Å². The number of aliphatic hydroxyl groups is 1. The molecule has 0 radical (unpaired) electrons. The number of hydrogen-bond donors (Lipinski definition) is 13. The van der Waals surface area contributed by atoms with Crippen LogP contribution in [0, 0.1) is 5.92 Å². The number of carbonyl (C=O) groups is 10. The molecule has 1 aromatic carbocycles. The van der Waals surface area contributed by atoms with Crippen molar-refractivity contribution in [2.75, 3.05) is 45.8 Å². The van der Waals surface area contributed by atoms with E-state index < -0.39 is 120 Å².